The second-order valence-electron chi connectivity index (χ2n) is 5.72. The molecular formula is C20H20FNO6. The van der Waals surface area contributed by atoms with Gasteiger partial charge in [-0.3, -0.25) is 4.79 Å². The van der Waals surface area contributed by atoms with Gasteiger partial charge in [0.15, 0.2) is 17.7 Å². The van der Waals surface area contributed by atoms with Gasteiger partial charge in [0.05, 0.1) is 25.3 Å². The highest BCUT2D eigenvalue weighted by atomic mass is 19.1. The number of amides is 1. The van der Waals surface area contributed by atoms with Gasteiger partial charge in [-0.15, -0.1) is 0 Å². The fourth-order valence-corrected chi connectivity index (χ4v) is 2.41. The molecule has 8 heteroatoms. The van der Waals surface area contributed by atoms with Gasteiger partial charge >= 0.3 is 11.9 Å². The van der Waals surface area contributed by atoms with Gasteiger partial charge in [0.25, 0.3) is 5.91 Å². The molecule has 0 aliphatic carbocycles. The quantitative estimate of drug-likeness (QED) is 0.732. The number of carbonyl (C=O) groups excluding carboxylic acids is 3. The maximum atomic E-state index is 13.8. The summed E-state index contributed by atoms with van der Waals surface area (Å²) in [6.07, 6.45) is -0.721. The Kier molecular flexibility index (Phi) is 7.08. The minimum Gasteiger partial charge on any atom is -0.478 e. The van der Waals surface area contributed by atoms with Crippen molar-refractivity contribution in [3.05, 3.63) is 59.4 Å². The summed E-state index contributed by atoms with van der Waals surface area (Å²) in [5.74, 6) is -2.58. The van der Waals surface area contributed by atoms with Crippen molar-refractivity contribution in [1.29, 1.82) is 0 Å². The van der Waals surface area contributed by atoms with Crippen LogP contribution in [0.4, 0.5) is 10.1 Å². The minimum atomic E-state index is -0.986. The Labute approximate surface area is 161 Å². The molecule has 2 aromatic carbocycles. The van der Waals surface area contributed by atoms with Crippen LogP contribution in [0.1, 0.15) is 34.1 Å². The van der Waals surface area contributed by atoms with E-state index in [0.717, 1.165) is 0 Å². The molecule has 0 bridgehead atoms. The third kappa shape index (κ3) is 5.06. The van der Waals surface area contributed by atoms with Crippen molar-refractivity contribution in [1.82, 2.24) is 0 Å². The molecule has 0 aromatic heterocycles. The molecule has 0 aliphatic heterocycles. The lowest BCUT2D eigenvalue weighted by molar-refractivity contribution is -0.122. The number of para-hydroxylation sites is 1. The van der Waals surface area contributed by atoms with Crippen molar-refractivity contribution in [3.63, 3.8) is 0 Å². The van der Waals surface area contributed by atoms with E-state index in [-0.39, 0.29) is 29.0 Å². The Morgan fingerprint density at radius 2 is 1.57 bits per heavy atom. The first-order valence-electron chi connectivity index (χ1n) is 8.43. The van der Waals surface area contributed by atoms with E-state index in [1.165, 1.54) is 50.6 Å². The van der Waals surface area contributed by atoms with Crippen molar-refractivity contribution in [2.75, 3.05) is 19.5 Å². The number of benzene rings is 2. The van der Waals surface area contributed by atoms with Crippen LogP contribution in [0.2, 0.25) is 0 Å². The van der Waals surface area contributed by atoms with Gasteiger partial charge < -0.3 is 19.5 Å². The lowest BCUT2D eigenvalue weighted by Crippen LogP contribution is -2.32. The first-order valence-corrected chi connectivity index (χ1v) is 8.43. The van der Waals surface area contributed by atoms with Crippen molar-refractivity contribution < 1.29 is 33.0 Å². The van der Waals surface area contributed by atoms with E-state index in [0.29, 0.717) is 0 Å². The average molecular weight is 389 g/mol. The average Bonchev–Trinajstić information content (AvgIpc) is 2.71. The number of hydrogen-bond donors (Lipinski definition) is 1. The monoisotopic (exact) mass is 389 g/mol. The molecule has 0 aliphatic rings. The van der Waals surface area contributed by atoms with Gasteiger partial charge in [-0.1, -0.05) is 19.1 Å². The Hall–Kier alpha value is -3.42. The van der Waals surface area contributed by atoms with E-state index < -0.39 is 29.8 Å². The van der Waals surface area contributed by atoms with Crippen LogP contribution in [0.25, 0.3) is 0 Å². The lowest BCUT2D eigenvalue weighted by Gasteiger charge is -2.18. The maximum Gasteiger partial charge on any atom is 0.337 e. The largest absolute Gasteiger partial charge is 0.478 e. The third-order valence-corrected chi connectivity index (χ3v) is 3.81. The number of halogens is 1. The summed E-state index contributed by atoms with van der Waals surface area (Å²) < 4.78 is 28.5. The second kappa shape index (κ2) is 9.50. The zero-order valence-electron chi connectivity index (χ0n) is 15.7. The van der Waals surface area contributed by atoms with Crippen molar-refractivity contribution in [2.24, 2.45) is 0 Å². The summed E-state index contributed by atoms with van der Waals surface area (Å²) in [6, 6.07) is 9.74. The molecule has 28 heavy (non-hydrogen) atoms. The van der Waals surface area contributed by atoms with Crippen LogP contribution in [0.5, 0.6) is 5.75 Å². The van der Waals surface area contributed by atoms with E-state index in [9.17, 15) is 18.8 Å². The molecule has 148 valence electrons. The summed E-state index contributed by atoms with van der Waals surface area (Å²) in [4.78, 5) is 36.2. The summed E-state index contributed by atoms with van der Waals surface area (Å²) in [6.45, 7) is 1.70. The SMILES string of the molecule is CC[C@H](Oc1ccccc1F)C(=O)Nc1cc(C(=O)OC)cc(C(=O)OC)c1. The van der Waals surface area contributed by atoms with Crippen LogP contribution in [-0.2, 0) is 14.3 Å². The predicted molar refractivity (Wildman–Crippen MR) is 98.9 cm³/mol. The zero-order valence-corrected chi connectivity index (χ0v) is 15.7. The number of esters is 2. The Balaban J connectivity index is 2.26. The van der Waals surface area contributed by atoms with Gasteiger partial charge in [0.2, 0.25) is 0 Å². The number of hydrogen-bond acceptors (Lipinski definition) is 6. The summed E-state index contributed by atoms with van der Waals surface area (Å²) >= 11 is 0. The predicted octanol–water partition coefficient (Wildman–Crippen LogP) is 3.20. The number of ether oxygens (including phenoxy) is 3. The van der Waals surface area contributed by atoms with Gasteiger partial charge in [0.1, 0.15) is 0 Å². The highest BCUT2D eigenvalue weighted by Crippen LogP contribution is 2.21. The number of methoxy groups -OCH3 is 2. The molecule has 0 saturated heterocycles. The minimum absolute atomic E-state index is 0.0527. The summed E-state index contributed by atoms with van der Waals surface area (Å²) in [7, 11) is 2.39. The van der Waals surface area contributed by atoms with Crippen LogP contribution >= 0.6 is 0 Å². The smallest absolute Gasteiger partial charge is 0.337 e. The highest BCUT2D eigenvalue weighted by Gasteiger charge is 2.21. The van der Waals surface area contributed by atoms with Crippen LogP contribution in [-0.4, -0.2) is 38.2 Å². The molecule has 1 amide bonds. The van der Waals surface area contributed by atoms with E-state index in [2.05, 4.69) is 14.8 Å². The van der Waals surface area contributed by atoms with Crippen LogP contribution < -0.4 is 10.1 Å². The van der Waals surface area contributed by atoms with Crippen LogP contribution in [0.3, 0.4) is 0 Å². The van der Waals surface area contributed by atoms with E-state index in [1.807, 2.05) is 0 Å². The molecule has 7 nitrogen and oxygen atoms in total. The molecule has 1 N–H and O–H groups in total. The number of carbonyl (C=O) groups is 3. The van der Waals surface area contributed by atoms with Crippen LogP contribution in [0, 0.1) is 5.82 Å². The molecule has 0 radical (unpaired) electrons. The molecule has 0 unspecified atom stereocenters. The lowest BCUT2D eigenvalue weighted by atomic mass is 10.1. The molecule has 0 heterocycles. The first-order chi connectivity index (χ1) is 13.4. The molecule has 0 spiro atoms. The summed E-state index contributed by atoms with van der Waals surface area (Å²) in [5, 5.41) is 2.57. The molecular weight excluding hydrogens is 369 g/mol. The Bertz CT molecular complexity index is 848. The number of rotatable bonds is 7. The van der Waals surface area contributed by atoms with Crippen molar-refractivity contribution >= 4 is 23.5 Å². The first kappa shape index (κ1) is 20.9. The van der Waals surface area contributed by atoms with Gasteiger partial charge in [-0.05, 0) is 36.8 Å². The van der Waals surface area contributed by atoms with E-state index >= 15 is 0 Å². The standard InChI is InChI=1S/C20H20FNO6/c1-4-16(28-17-8-6-5-7-15(17)21)18(23)22-14-10-12(19(24)26-2)9-13(11-14)20(25)27-3/h5-11,16H,4H2,1-3H3,(H,22,23)/t16-/m0/s1. The van der Waals surface area contributed by atoms with Gasteiger partial charge in [0, 0.05) is 5.69 Å². The zero-order chi connectivity index (χ0) is 20.7. The van der Waals surface area contributed by atoms with Crippen molar-refractivity contribution in [2.45, 2.75) is 19.4 Å². The molecule has 2 rings (SSSR count). The van der Waals surface area contributed by atoms with Crippen molar-refractivity contribution in [3.8, 4) is 5.75 Å². The van der Waals surface area contributed by atoms with E-state index in [4.69, 9.17) is 4.74 Å². The van der Waals surface area contributed by atoms with E-state index in [1.54, 1.807) is 13.0 Å². The highest BCUT2D eigenvalue weighted by molar-refractivity contribution is 6.00. The summed E-state index contributed by atoms with van der Waals surface area (Å²) in [5.41, 5.74) is 0.288. The topological polar surface area (TPSA) is 90.9 Å². The number of anilines is 1. The fraction of sp³-hybridized carbons (Fsp3) is 0.250. The molecule has 1 atom stereocenters. The third-order valence-electron chi connectivity index (χ3n) is 3.81. The van der Waals surface area contributed by atoms with Gasteiger partial charge in [-0.25, -0.2) is 14.0 Å². The molecule has 2 aromatic rings. The fourth-order valence-electron chi connectivity index (χ4n) is 2.41. The normalized spacial score (nSPS) is 11.3. The molecule has 0 fully saturated rings. The number of nitrogens with one attached hydrogen (secondary N) is 1. The molecule has 0 saturated carbocycles. The second-order valence-corrected chi connectivity index (χ2v) is 5.72. The maximum absolute atomic E-state index is 13.8. The van der Waals surface area contributed by atoms with Gasteiger partial charge in [-0.2, -0.15) is 0 Å². The van der Waals surface area contributed by atoms with Crippen LogP contribution in [0.15, 0.2) is 42.5 Å². The Morgan fingerprint density at radius 3 is 2.07 bits per heavy atom. The Morgan fingerprint density at radius 1 is 1.00 bits per heavy atom.